The number of rotatable bonds is 14. The molecule has 4 saturated heterocycles. The van der Waals surface area contributed by atoms with E-state index in [9.17, 15) is 46.8 Å². The quantitative estimate of drug-likeness (QED) is 0.0434. The maximum absolute atomic E-state index is 12.3. The Labute approximate surface area is 900 Å². The third-order valence-corrected chi connectivity index (χ3v) is 21.0. The van der Waals surface area contributed by atoms with Gasteiger partial charge in [0.15, 0.2) is 31.5 Å². The molecule has 4 fully saturated rings. The molecule has 842 valence electrons. The summed E-state index contributed by atoms with van der Waals surface area (Å²) in [4.78, 5) is 97.6. The first-order valence-electron chi connectivity index (χ1n) is 52.8. The van der Waals surface area contributed by atoms with E-state index in [1.165, 1.54) is 34.1 Å². The highest BCUT2D eigenvalue weighted by atomic mass is 32.2. The van der Waals surface area contributed by atoms with Gasteiger partial charge in [-0.2, -0.15) is 0 Å². The summed E-state index contributed by atoms with van der Waals surface area (Å²) in [5.41, 5.74) is 8.32. The van der Waals surface area contributed by atoms with Crippen molar-refractivity contribution < 1.29 is 84.7 Å². The molecule has 4 aliphatic rings. The van der Waals surface area contributed by atoms with E-state index < -0.39 is 102 Å². The summed E-state index contributed by atoms with van der Waals surface area (Å²) < 4.78 is 63.9. The van der Waals surface area contributed by atoms with E-state index in [1.54, 1.807) is 82.2 Å². The lowest BCUT2D eigenvalue weighted by molar-refractivity contribution is -0.253. The average molecular weight is 2080 g/mol. The van der Waals surface area contributed by atoms with Gasteiger partial charge in [0, 0.05) is 61.6 Å². The number of ether oxygens (including phenoxy) is 8. The normalized spacial score (nSPS) is 17.0. The van der Waals surface area contributed by atoms with E-state index in [0.29, 0.717) is 56.2 Å². The fraction of sp³-hybridized carbons (Fsp3) is 0.688. The predicted octanol–water partition coefficient (Wildman–Crippen LogP) is 34.2. The molecule has 0 spiro atoms. The Bertz CT molecular complexity index is 4540. The Morgan fingerprint density at radius 1 is 0.252 bits per heavy atom. The average Bonchev–Trinajstić information content (AvgIpc) is 0.768. The number of carbonyl (C=O) groups excluding carboxylic acids is 8. The summed E-state index contributed by atoms with van der Waals surface area (Å²) in [7, 11) is -2.93. The van der Waals surface area contributed by atoms with Crippen LogP contribution in [0.2, 0.25) is 0 Å². The van der Waals surface area contributed by atoms with Crippen LogP contribution in [0, 0.1) is 65.0 Å². The van der Waals surface area contributed by atoms with Gasteiger partial charge in [-0.15, -0.1) is 6.58 Å². The summed E-state index contributed by atoms with van der Waals surface area (Å²) >= 11 is 0. The first-order chi connectivity index (χ1) is 64.8. The third-order valence-electron chi connectivity index (χ3n) is 20.1. The molecule has 0 N–H and O–H groups in total. The molecule has 0 saturated carbocycles. The Morgan fingerprint density at radius 3 is 0.605 bits per heavy atom. The smallest absolute Gasteiger partial charge is 0.327 e. The Morgan fingerprint density at radius 2 is 0.429 bits per heavy atom. The van der Waals surface area contributed by atoms with Crippen molar-refractivity contribution in [1.29, 1.82) is 0 Å². The topological polar surface area (TPSA) is 245 Å². The molecule has 0 amide bonds. The second kappa shape index (κ2) is 56.8. The van der Waals surface area contributed by atoms with Gasteiger partial charge in [-0.3, -0.25) is 38.4 Å². The van der Waals surface area contributed by atoms with Crippen molar-refractivity contribution in [3.63, 3.8) is 0 Å². The molecule has 9 rings (SSSR count). The number of benzene rings is 5. The number of esters is 8. The molecule has 19 heteroatoms. The Balaban J connectivity index is -0.000000782. The van der Waals surface area contributed by atoms with Crippen LogP contribution < -0.4 is 0 Å². The maximum atomic E-state index is 12.3. The molecule has 4 heterocycles. The van der Waals surface area contributed by atoms with Gasteiger partial charge in [-0.05, 0) is 181 Å². The molecular weight excluding hydrogens is 1860 g/mol. The maximum Gasteiger partial charge on any atom is 0.327 e. The van der Waals surface area contributed by atoms with Crippen LogP contribution in [0.15, 0.2) is 146 Å². The third kappa shape index (κ3) is 69.6. The van der Waals surface area contributed by atoms with Gasteiger partial charge in [-0.1, -0.05) is 464 Å². The van der Waals surface area contributed by atoms with Gasteiger partial charge in [0.05, 0.1) is 5.75 Å². The van der Waals surface area contributed by atoms with E-state index in [2.05, 4.69) is 379 Å². The van der Waals surface area contributed by atoms with Crippen LogP contribution in [-0.4, -0.2) is 85.6 Å². The Kier molecular flexibility index (Phi) is 55.9. The number of allylic oxidation sites excluding steroid dienone is 1. The SMILES string of the molecule is C=CCC1(CCCC(C)(C)C)C(=O)OC(C)(C)OC1=O.CC(C)(C)C.CC(C)(C)C.CC(C)(C)C.CC(C)(C)C.CC(C)(C)C.CC(C)(C)C.CC(C)(C)CCCC1(C)C(=O)OC(C)(C)OC1=O.CC(C)(C)c1ccc(CS(C)(=O)=O)cc1.CC(C)(C)c1ccccc1.CC(C)(C)c1ccccc1.CC1(C)OC(=O)C(C)(Cc2ccc(C(C)(C)C)cc2)C(=O)O1.CC1(C)OC(=O)C(C)(Cc2ccc(C(C)(C)C)cc2)C(=O)O1. The van der Waals surface area contributed by atoms with Gasteiger partial charge in [-0.25, -0.2) is 8.42 Å². The molecule has 4 aliphatic heterocycles. The van der Waals surface area contributed by atoms with E-state index >= 15 is 0 Å². The van der Waals surface area contributed by atoms with Gasteiger partial charge in [0.2, 0.25) is 0 Å². The van der Waals surface area contributed by atoms with Gasteiger partial charge >= 0.3 is 47.8 Å². The van der Waals surface area contributed by atoms with Crippen molar-refractivity contribution in [2.24, 2.45) is 65.0 Å². The molecule has 0 radical (unpaired) electrons. The van der Waals surface area contributed by atoms with Crippen molar-refractivity contribution in [3.05, 3.63) is 191 Å². The molecule has 5 aromatic rings. The van der Waals surface area contributed by atoms with Crippen molar-refractivity contribution in [3.8, 4) is 0 Å². The van der Waals surface area contributed by atoms with Crippen LogP contribution in [0.1, 0.15) is 477 Å². The minimum absolute atomic E-state index is 0.0646. The fourth-order valence-corrected chi connectivity index (χ4v) is 13.3. The molecule has 0 aliphatic carbocycles. The van der Waals surface area contributed by atoms with Crippen LogP contribution in [-0.2, 0) is 132 Å². The van der Waals surface area contributed by atoms with Crippen LogP contribution >= 0.6 is 0 Å². The molecule has 0 aromatic heterocycles. The zero-order valence-corrected chi connectivity index (χ0v) is 105. The van der Waals surface area contributed by atoms with E-state index in [-0.39, 0.29) is 52.1 Å². The number of carbonyl (C=O) groups is 8. The first kappa shape index (κ1) is 145. The molecular formula is C128H216O18S. The van der Waals surface area contributed by atoms with Crippen LogP contribution in [0.4, 0.5) is 0 Å². The zero-order valence-electron chi connectivity index (χ0n) is 104. The van der Waals surface area contributed by atoms with Crippen molar-refractivity contribution in [2.75, 3.05) is 6.26 Å². The monoisotopic (exact) mass is 2070 g/mol. The molecule has 0 bridgehead atoms. The largest absolute Gasteiger partial charge is 0.422 e. The van der Waals surface area contributed by atoms with E-state index in [4.69, 9.17) is 37.9 Å². The van der Waals surface area contributed by atoms with Gasteiger partial charge in [0.1, 0.15) is 0 Å². The molecule has 5 aromatic carbocycles. The van der Waals surface area contributed by atoms with Gasteiger partial charge < -0.3 is 37.9 Å². The molecule has 0 unspecified atom stereocenters. The predicted molar refractivity (Wildman–Crippen MR) is 616 cm³/mol. The zero-order chi connectivity index (χ0) is 117. The fourth-order valence-electron chi connectivity index (χ4n) is 12.5. The number of hydrogen-bond acceptors (Lipinski definition) is 18. The summed E-state index contributed by atoms with van der Waals surface area (Å²) in [6.45, 7) is 119. The molecule has 147 heavy (non-hydrogen) atoms. The Hall–Kier alpha value is -8.45. The summed E-state index contributed by atoms with van der Waals surface area (Å²) in [5.74, 6) is -8.65. The standard InChI is InChI=1S/2C18H24O4.C16H26O4.C14H24O4.C12H18O2S.2C10H14.6C5H12/c2*1-16(2,3)13-9-7-12(8-10-13)11-18(6)14(19)21-17(4,5)22-15(18)20;1-7-9-16(11-8-10-14(2,3)4)12(17)19-15(5,6)20-13(16)18;1-12(2,3)8-7-9-14(6)10(15)17-13(4,5)18-11(14)16;1-12(2,3)11-7-5-10(6-8-11)9-15(4,13)14;2*1-10(2,3)9-7-5-4-6-8-9;6*1-5(2,3)4/h2*7-10H,11H2,1-6H3;7H,1,8-11H2,2-6H3;7-9H2,1-6H3;5-8H,9H2,1-4H3;2*4-8H,1-3H3;6*1-4H3. The van der Waals surface area contributed by atoms with Crippen molar-refractivity contribution in [1.82, 2.24) is 0 Å². The summed E-state index contributed by atoms with van der Waals surface area (Å²) in [6.07, 6.45) is 7.97. The number of sulfone groups is 1. The lowest BCUT2D eigenvalue weighted by Gasteiger charge is -2.40. The first-order valence-corrected chi connectivity index (χ1v) is 54.9. The van der Waals surface area contributed by atoms with Crippen LogP contribution in [0.25, 0.3) is 0 Å². The van der Waals surface area contributed by atoms with Crippen molar-refractivity contribution in [2.45, 2.75) is 501 Å². The van der Waals surface area contributed by atoms with Crippen LogP contribution in [0.5, 0.6) is 0 Å². The van der Waals surface area contributed by atoms with Gasteiger partial charge in [0.25, 0.3) is 23.1 Å². The lowest BCUT2D eigenvalue weighted by atomic mass is 9.76. The summed E-state index contributed by atoms with van der Waals surface area (Å²) in [5, 5.41) is 0. The highest BCUT2D eigenvalue weighted by Gasteiger charge is 2.57. The van der Waals surface area contributed by atoms with E-state index in [0.717, 1.165) is 42.4 Å². The lowest BCUT2D eigenvalue weighted by Crippen LogP contribution is -2.53. The molecule has 18 nitrogen and oxygen atoms in total. The number of cyclic esters (lactones) is 8. The second-order valence-electron chi connectivity index (χ2n) is 59.6. The van der Waals surface area contributed by atoms with E-state index in [1.807, 2.05) is 72.8 Å². The summed E-state index contributed by atoms with van der Waals surface area (Å²) in [6, 6.07) is 44.8. The highest BCUT2D eigenvalue weighted by Crippen LogP contribution is 2.44. The van der Waals surface area contributed by atoms with Crippen LogP contribution in [0.3, 0.4) is 0 Å². The number of hydrogen-bond donors (Lipinski definition) is 0. The minimum atomic E-state index is -2.93. The highest BCUT2D eigenvalue weighted by molar-refractivity contribution is 7.89. The molecule has 0 atom stereocenters. The second-order valence-corrected chi connectivity index (χ2v) is 61.8. The van der Waals surface area contributed by atoms with Crippen molar-refractivity contribution >= 4 is 57.6 Å². The minimum Gasteiger partial charge on any atom is -0.422 e.